The van der Waals surface area contributed by atoms with E-state index in [9.17, 15) is 18.4 Å². The van der Waals surface area contributed by atoms with Gasteiger partial charge in [0, 0.05) is 12.7 Å². The second kappa shape index (κ2) is 7.27. The summed E-state index contributed by atoms with van der Waals surface area (Å²) in [5.74, 6) is -0.776. The maximum Gasteiger partial charge on any atom is 0.341 e. The van der Waals surface area contributed by atoms with E-state index >= 15 is 0 Å². The summed E-state index contributed by atoms with van der Waals surface area (Å²) in [5, 5.41) is 10.9. The van der Waals surface area contributed by atoms with Gasteiger partial charge in [-0.15, -0.1) is 0 Å². The van der Waals surface area contributed by atoms with Crippen molar-refractivity contribution in [3.05, 3.63) is 24.3 Å². The van der Waals surface area contributed by atoms with Crippen molar-refractivity contribution in [2.45, 2.75) is 6.43 Å². The molecule has 0 atom stereocenters. The van der Waals surface area contributed by atoms with Crippen LogP contribution >= 0.6 is 0 Å². The van der Waals surface area contributed by atoms with E-state index in [0.29, 0.717) is 11.4 Å². The molecule has 8 heteroatoms. The summed E-state index contributed by atoms with van der Waals surface area (Å²) in [6, 6.07) is 5.22. The van der Waals surface area contributed by atoms with Gasteiger partial charge in [0.05, 0.1) is 6.54 Å². The molecule has 0 saturated heterocycles. The summed E-state index contributed by atoms with van der Waals surface area (Å²) in [7, 11) is 1.26. The van der Waals surface area contributed by atoms with Crippen molar-refractivity contribution in [1.29, 1.82) is 0 Å². The molecule has 0 spiro atoms. The van der Waals surface area contributed by atoms with Gasteiger partial charge in [0.2, 0.25) is 0 Å². The highest BCUT2D eigenvalue weighted by molar-refractivity contribution is 5.89. The molecule has 2 amide bonds. The van der Waals surface area contributed by atoms with Crippen molar-refractivity contribution in [2.75, 3.05) is 25.5 Å². The lowest BCUT2D eigenvalue weighted by Crippen LogP contribution is -2.34. The van der Waals surface area contributed by atoms with Gasteiger partial charge in [-0.25, -0.2) is 18.4 Å². The lowest BCUT2D eigenvalue weighted by Gasteiger charge is -2.17. The van der Waals surface area contributed by atoms with Gasteiger partial charge < -0.3 is 20.1 Å². The standard InChI is InChI=1S/C12H14F2N2O4/c1-16(6-10(13)14)12(19)15-8-2-4-9(5-3-8)20-7-11(17)18/h2-5,10H,6-7H2,1H3,(H,15,19)(H,17,18). The van der Waals surface area contributed by atoms with E-state index in [1.807, 2.05) is 0 Å². The third-order valence-corrected chi connectivity index (χ3v) is 2.23. The first kappa shape index (κ1) is 15.7. The van der Waals surface area contributed by atoms with Crippen LogP contribution in [0.2, 0.25) is 0 Å². The number of aliphatic carboxylic acids is 1. The molecule has 1 aromatic rings. The number of amides is 2. The molecule has 1 aromatic carbocycles. The van der Waals surface area contributed by atoms with Crippen molar-refractivity contribution in [3.8, 4) is 5.75 Å². The van der Waals surface area contributed by atoms with E-state index in [1.165, 1.54) is 31.3 Å². The minimum Gasteiger partial charge on any atom is -0.482 e. The van der Waals surface area contributed by atoms with Crippen LogP contribution in [0.1, 0.15) is 0 Å². The molecule has 6 nitrogen and oxygen atoms in total. The van der Waals surface area contributed by atoms with Gasteiger partial charge in [0.15, 0.2) is 6.61 Å². The summed E-state index contributed by atoms with van der Waals surface area (Å²) in [6.45, 7) is -1.13. The summed E-state index contributed by atoms with van der Waals surface area (Å²) in [4.78, 5) is 22.7. The fourth-order valence-electron chi connectivity index (χ4n) is 1.29. The summed E-state index contributed by atoms with van der Waals surface area (Å²) >= 11 is 0. The molecule has 0 fully saturated rings. The highest BCUT2D eigenvalue weighted by Gasteiger charge is 2.13. The number of nitrogens with one attached hydrogen (secondary N) is 1. The average Bonchev–Trinajstić information content (AvgIpc) is 2.37. The van der Waals surface area contributed by atoms with Crippen LogP contribution in [0.3, 0.4) is 0 Å². The average molecular weight is 288 g/mol. The van der Waals surface area contributed by atoms with Crippen LogP contribution in [-0.2, 0) is 4.79 Å². The number of hydrogen-bond acceptors (Lipinski definition) is 3. The third kappa shape index (κ3) is 5.51. The topological polar surface area (TPSA) is 78.9 Å². The SMILES string of the molecule is CN(CC(F)F)C(=O)Nc1ccc(OCC(=O)O)cc1. The molecular weight excluding hydrogens is 274 g/mol. The first-order chi connectivity index (χ1) is 9.38. The van der Waals surface area contributed by atoms with Crippen LogP contribution in [-0.4, -0.2) is 48.6 Å². The van der Waals surface area contributed by atoms with Gasteiger partial charge >= 0.3 is 12.0 Å². The van der Waals surface area contributed by atoms with E-state index in [0.717, 1.165) is 4.90 Å². The Hall–Kier alpha value is -2.38. The van der Waals surface area contributed by atoms with Crippen LogP contribution in [0.25, 0.3) is 0 Å². The fourth-order valence-corrected chi connectivity index (χ4v) is 1.29. The van der Waals surface area contributed by atoms with Crippen molar-refractivity contribution in [2.24, 2.45) is 0 Å². The molecule has 0 aliphatic heterocycles. The lowest BCUT2D eigenvalue weighted by molar-refractivity contribution is -0.139. The van der Waals surface area contributed by atoms with Crippen LogP contribution in [0.4, 0.5) is 19.3 Å². The van der Waals surface area contributed by atoms with Crippen LogP contribution in [0.15, 0.2) is 24.3 Å². The van der Waals surface area contributed by atoms with Gasteiger partial charge in [0.25, 0.3) is 6.43 Å². The Bertz CT molecular complexity index is 465. The first-order valence-electron chi connectivity index (χ1n) is 5.63. The third-order valence-electron chi connectivity index (χ3n) is 2.23. The number of carboxylic acids is 1. The van der Waals surface area contributed by atoms with E-state index in [1.54, 1.807) is 0 Å². The monoisotopic (exact) mass is 288 g/mol. The minimum absolute atomic E-state index is 0.325. The number of benzene rings is 1. The van der Waals surface area contributed by atoms with E-state index < -0.39 is 31.6 Å². The van der Waals surface area contributed by atoms with Gasteiger partial charge in [-0.2, -0.15) is 0 Å². The highest BCUT2D eigenvalue weighted by Crippen LogP contribution is 2.16. The van der Waals surface area contributed by atoms with Gasteiger partial charge in [-0.05, 0) is 24.3 Å². The molecule has 20 heavy (non-hydrogen) atoms. The maximum absolute atomic E-state index is 12.1. The Morgan fingerprint density at radius 1 is 1.35 bits per heavy atom. The minimum atomic E-state index is -2.60. The number of carbonyl (C=O) groups excluding carboxylic acids is 1. The quantitative estimate of drug-likeness (QED) is 0.837. The molecule has 110 valence electrons. The van der Waals surface area contributed by atoms with Crippen LogP contribution < -0.4 is 10.1 Å². The summed E-state index contributed by atoms with van der Waals surface area (Å²) in [6.07, 6.45) is -2.60. The number of rotatable bonds is 6. The number of carbonyl (C=O) groups is 2. The van der Waals surface area contributed by atoms with Crippen molar-refractivity contribution < 1.29 is 28.2 Å². The van der Waals surface area contributed by atoms with Crippen LogP contribution in [0, 0.1) is 0 Å². The van der Waals surface area contributed by atoms with Crippen molar-refractivity contribution >= 4 is 17.7 Å². The predicted octanol–water partition coefficient (Wildman–Crippen LogP) is 1.88. The highest BCUT2D eigenvalue weighted by atomic mass is 19.3. The smallest absolute Gasteiger partial charge is 0.341 e. The number of urea groups is 1. The second-order valence-corrected chi connectivity index (χ2v) is 3.91. The molecule has 0 aliphatic carbocycles. The Morgan fingerprint density at radius 3 is 2.45 bits per heavy atom. The lowest BCUT2D eigenvalue weighted by atomic mass is 10.3. The van der Waals surface area contributed by atoms with Gasteiger partial charge in [-0.3, -0.25) is 0 Å². The van der Waals surface area contributed by atoms with Gasteiger partial charge in [-0.1, -0.05) is 0 Å². The molecule has 0 aliphatic rings. The second-order valence-electron chi connectivity index (χ2n) is 3.91. The number of nitrogens with zero attached hydrogens (tertiary/aromatic N) is 1. The van der Waals surface area contributed by atoms with Crippen molar-refractivity contribution in [3.63, 3.8) is 0 Å². The zero-order valence-electron chi connectivity index (χ0n) is 10.7. The van der Waals surface area contributed by atoms with E-state index in [4.69, 9.17) is 9.84 Å². The Morgan fingerprint density at radius 2 is 1.95 bits per heavy atom. The van der Waals surface area contributed by atoms with Gasteiger partial charge in [0.1, 0.15) is 5.75 Å². The number of ether oxygens (including phenoxy) is 1. The van der Waals surface area contributed by atoms with E-state index in [-0.39, 0.29) is 0 Å². The molecular formula is C12H14F2N2O4. The van der Waals surface area contributed by atoms with E-state index in [2.05, 4.69) is 5.32 Å². The predicted molar refractivity (Wildman–Crippen MR) is 67.2 cm³/mol. The first-order valence-corrected chi connectivity index (χ1v) is 5.63. The zero-order valence-corrected chi connectivity index (χ0v) is 10.7. The number of halogens is 2. The normalized spacial score (nSPS) is 10.2. The molecule has 2 N–H and O–H groups in total. The summed E-state index contributed by atoms with van der Waals surface area (Å²) < 4.78 is 29.1. The Labute approximate surface area is 113 Å². The van der Waals surface area contributed by atoms with Crippen molar-refractivity contribution in [1.82, 2.24) is 4.90 Å². The number of anilines is 1. The zero-order chi connectivity index (χ0) is 15.1. The Kier molecular flexibility index (Phi) is 5.70. The molecule has 0 radical (unpaired) electrons. The largest absolute Gasteiger partial charge is 0.482 e. The molecule has 0 bridgehead atoms. The number of alkyl halides is 2. The number of hydrogen-bond donors (Lipinski definition) is 2. The number of carboxylic acid groups (broad SMARTS) is 1. The molecule has 0 unspecified atom stereocenters. The molecule has 0 saturated carbocycles. The fraction of sp³-hybridized carbons (Fsp3) is 0.333. The van der Waals surface area contributed by atoms with Crippen LogP contribution in [0.5, 0.6) is 5.75 Å². The summed E-state index contributed by atoms with van der Waals surface area (Å²) in [5.41, 5.74) is 0.388. The Balaban J connectivity index is 2.52. The molecule has 0 aromatic heterocycles. The maximum atomic E-state index is 12.1. The molecule has 1 rings (SSSR count). The molecule has 0 heterocycles.